The zero-order chi connectivity index (χ0) is 21.6. The van der Waals surface area contributed by atoms with E-state index < -0.39 is 10.0 Å². The van der Waals surface area contributed by atoms with Crippen molar-refractivity contribution in [1.29, 1.82) is 0 Å². The Morgan fingerprint density at radius 1 is 1.07 bits per heavy atom. The maximum absolute atomic E-state index is 11.5. The van der Waals surface area contributed by atoms with E-state index in [2.05, 4.69) is 18.3 Å². The van der Waals surface area contributed by atoms with E-state index in [0.717, 1.165) is 35.6 Å². The molecule has 0 aliphatic carbocycles. The molecular formula is C22H27ClN4O2S. The fourth-order valence-corrected chi connectivity index (χ4v) is 3.86. The van der Waals surface area contributed by atoms with E-state index in [1.807, 2.05) is 28.9 Å². The van der Waals surface area contributed by atoms with E-state index in [0.29, 0.717) is 18.0 Å². The van der Waals surface area contributed by atoms with E-state index in [-0.39, 0.29) is 4.90 Å². The molecule has 0 bridgehead atoms. The molecule has 0 saturated heterocycles. The maximum atomic E-state index is 11.5. The summed E-state index contributed by atoms with van der Waals surface area (Å²) in [5.74, 6) is 0. The summed E-state index contributed by atoms with van der Waals surface area (Å²) in [6.45, 7) is 3.82. The van der Waals surface area contributed by atoms with Gasteiger partial charge in [-0.2, -0.15) is 5.10 Å². The van der Waals surface area contributed by atoms with E-state index >= 15 is 0 Å². The van der Waals surface area contributed by atoms with Gasteiger partial charge >= 0.3 is 0 Å². The second kappa shape index (κ2) is 10.2. The van der Waals surface area contributed by atoms with Gasteiger partial charge in [0.1, 0.15) is 0 Å². The number of halogens is 1. The van der Waals surface area contributed by atoms with Gasteiger partial charge in [0, 0.05) is 23.7 Å². The Morgan fingerprint density at radius 3 is 2.40 bits per heavy atom. The van der Waals surface area contributed by atoms with Crippen molar-refractivity contribution in [3.63, 3.8) is 0 Å². The van der Waals surface area contributed by atoms with Crippen LogP contribution >= 0.6 is 11.6 Å². The largest absolute Gasteiger partial charge is 0.311 e. The minimum Gasteiger partial charge on any atom is -0.311 e. The normalized spacial score (nSPS) is 11.7. The molecule has 6 nitrogen and oxygen atoms in total. The number of benzene rings is 2. The van der Waals surface area contributed by atoms with Gasteiger partial charge in [-0.1, -0.05) is 43.5 Å². The quantitative estimate of drug-likeness (QED) is 0.460. The fraction of sp³-hybridized carbons (Fsp3) is 0.318. The molecule has 0 aliphatic rings. The second-order valence-electron chi connectivity index (χ2n) is 7.26. The average molecular weight is 447 g/mol. The SMILES string of the molecule is CCCCCNCc1cc(Cc2ccc(Cl)cc2)n(-c2ccc(S(N)(=O)=O)cc2)n1. The second-order valence-corrected chi connectivity index (χ2v) is 9.26. The molecule has 3 aromatic rings. The fourth-order valence-electron chi connectivity index (χ4n) is 3.22. The summed E-state index contributed by atoms with van der Waals surface area (Å²) >= 11 is 6.01. The third kappa shape index (κ3) is 6.15. The molecule has 1 aromatic heterocycles. The highest BCUT2D eigenvalue weighted by Gasteiger charge is 2.13. The van der Waals surface area contributed by atoms with Gasteiger partial charge in [0.25, 0.3) is 0 Å². The molecule has 160 valence electrons. The van der Waals surface area contributed by atoms with E-state index in [1.54, 1.807) is 12.1 Å². The number of primary sulfonamides is 1. The number of nitrogens with two attached hydrogens (primary N) is 1. The minimum absolute atomic E-state index is 0.0791. The zero-order valence-electron chi connectivity index (χ0n) is 17.0. The van der Waals surface area contributed by atoms with Crippen LogP contribution in [0, 0.1) is 0 Å². The Balaban J connectivity index is 1.85. The molecular weight excluding hydrogens is 420 g/mol. The predicted molar refractivity (Wildman–Crippen MR) is 120 cm³/mol. The standard InChI is InChI=1S/C22H27ClN4O2S/c1-2-3-4-13-25-16-19-15-21(14-17-5-7-18(23)8-6-17)27(26-19)20-9-11-22(12-10-20)30(24,28)29/h5-12,15,25H,2-4,13-14,16H2,1H3,(H2,24,28,29). The van der Waals surface area contributed by atoms with Crippen LogP contribution in [0.15, 0.2) is 59.5 Å². The Hall–Kier alpha value is -2.19. The summed E-state index contributed by atoms with van der Waals surface area (Å²) < 4.78 is 25.0. The third-order valence-corrected chi connectivity index (χ3v) is 5.99. The van der Waals surface area contributed by atoms with Crippen LogP contribution in [0.3, 0.4) is 0 Å². The van der Waals surface area contributed by atoms with Crippen molar-refractivity contribution in [1.82, 2.24) is 15.1 Å². The van der Waals surface area contributed by atoms with Crippen LogP contribution in [0.25, 0.3) is 5.69 Å². The van der Waals surface area contributed by atoms with Gasteiger partial charge in [0.2, 0.25) is 10.0 Å². The molecule has 8 heteroatoms. The van der Waals surface area contributed by atoms with E-state index in [4.69, 9.17) is 21.8 Å². The summed E-state index contributed by atoms with van der Waals surface area (Å²) in [7, 11) is -3.73. The lowest BCUT2D eigenvalue weighted by Gasteiger charge is -2.09. The summed E-state index contributed by atoms with van der Waals surface area (Å²) in [5.41, 5.74) is 3.84. The molecule has 2 aromatic carbocycles. The number of unbranched alkanes of at least 4 members (excludes halogenated alkanes) is 2. The first-order valence-corrected chi connectivity index (χ1v) is 12.0. The molecule has 0 spiro atoms. The number of sulfonamides is 1. The number of nitrogens with zero attached hydrogens (tertiary/aromatic N) is 2. The molecule has 0 unspecified atom stereocenters. The highest BCUT2D eigenvalue weighted by molar-refractivity contribution is 7.89. The lowest BCUT2D eigenvalue weighted by Crippen LogP contribution is -2.15. The first-order valence-electron chi connectivity index (χ1n) is 10.0. The van der Waals surface area contributed by atoms with Gasteiger partial charge in [-0.25, -0.2) is 18.2 Å². The minimum atomic E-state index is -3.73. The van der Waals surface area contributed by atoms with Crippen LogP contribution < -0.4 is 10.5 Å². The van der Waals surface area contributed by atoms with Gasteiger partial charge in [0.05, 0.1) is 16.3 Å². The van der Waals surface area contributed by atoms with Gasteiger partial charge in [-0.3, -0.25) is 0 Å². The topological polar surface area (TPSA) is 90.0 Å². The molecule has 0 amide bonds. The summed E-state index contributed by atoms with van der Waals surface area (Å²) in [5, 5.41) is 14.1. The Morgan fingerprint density at radius 2 is 1.77 bits per heavy atom. The van der Waals surface area contributed by atoms with Crippen LogP contribution in [0.1, 0.15) is 43.1 Å². The van der Waals surface area contributed by atoms with Crippen molar-refractivity contribution in [2.75, 3.05) is 6.54 Å². The number of hydrogen-bond acceptors (Lipinski definition) is 4. The lowest BCUT2D eigenvalue weighted by molar-refractivity contribution is 0.597. The monoisotopic (exact) mass is 446 g/mol. The molecule has 30 heavy (non-hydrogen) atoms. The van der Waals surface area contributed by atoms with E-state index in [1.165, 1.54) is 25.0 Å². The Kier molecular flexibility index (Phi) is 7.66. The van der Waals surface area contributed by atoms with Crippen molar-refractivity contribution < 1.29 is 8.42 Å². The first-order chi connectivity index (χ1) is 14.4. The Bertz CT molecular complexity index is 1060. The van der Waals surface area contributed by atoms with Gasteiger partial charge in [-0.05, 0) is 61.0 Å². The summed E-state index contributed by atoms with van der Waals surface area (Å²) in [4.78, 5) is 0.0791. The molecule has 3 N–H and O–H groups in total. The number of nitrogens with one attached hydrogen (secondary N) is 1. The smallest absolute Gasteiger partial charge is 0.238 e. The molecule has 0 aliphatic heterocycles. The maximum Gasteiger partial charge on any atom is 0.238 e. The number of hydrogen-bond donors (Lipinski definition) is 2. The Labute approximate surface area is 183 Å². The third-order valence-electron chi connectivity index (χ3n) is 4.81. The van der Waals surface area contributed by atoms with Gasteiger partial charge in [-0.15, -0.1) is 0 Å². The van der Waals surface area contributed by atoms with Crippen LogP contribution in [0.5, 0.6) is 0 Å². The molecule has 0 saturated carbocycles. The van der Waals surface area contributed by atoms with Crippen LogP contribution in [0.2, 0.25) is 5.02 Å². The zero-order valence-corrected chi connectivity index (χ0v) is 18.6. The highest BCUT2D eigenvalue weighted by atomic mass is 35.5. The van der Waals surface area contributed by atoms with Crippen LogP contribution in [-0.4, -0.2) is 24.7 Å². The van der Waals surface area contributed by atoms with Gasteiger partial charge < -0.3 is 5.32 Å². The van der Waals surface area contributed by atoms with Crippen molar-refractivity contribution in [3.05, 3.63) is 76.6 Å². The molecule has 0 fully saturated rings. The number of rotatable bonds is 10. The van der Waals surface area contributed by atoms with E-state index in [9.17, 15) is 8.42 Å². The van der Waals surface area contributed by atoms with Crippen molar-refractivity contribution in [3.8, 4) is 5.69 Å². The lowest BCUT2D eigenvalue weighted by atomic mass is 10.1. The molecule has 1 heterocycles. The van der Waals surface area contributed by atoms with Crippen molar-refractivity contribution >= 4 is 21.6 Å². The first kappa shape index (κ1) is 22.5. The van der Waals surface area contributed by atoms with Crippen LogP contribution in [0.4, 0.5) is 0 Å². The predicted octanol–water partition coefficient (Wildman–Crippen LogP) is 4.04. The molecule has 3 rings (SSSR count). The average Bonchev–Trinajstić information content (AvgIpc) is 3.11. The van der Waals surface area contributed by atoms with Crippen molar-refractivity contribution in [2.45, 2.75) is 44.0 Å². The molecule has 0 atom stereocenters. The van der Waals surface area contributed by atoms with Crippen LogP contribution in [-0.2, 0) is 23.0 Å². The van der Waals surface area contributed by atoms with Crippen molar-refractivity contribution in [2.24, 2.45) is 5.14 Å². The highest BCUT2D eigenvalue weighted by Crippen LogP contribution is 2.19. The summed E-state index contributed by atoms with van der Waals surface area (Å²) in [6.07, 6.45) is 4.22. The van der Waals surface area contributed by atoms with Gasteiger partial charge in [0.15, 0.2) is 0 Å². The summed E-state index contributed by atoms with van der Waals surface area (Å²) in [6, 6.07) is 16.2. The molecule has 0 radical (unpaired) electrons. The number of aromatic nitrogens is 2.